The van der Waals surface area contributed by atoms with Crippen LogP contribution in [0.5, 0.6) is 0 Å². The lowest BCUT2D eigenvalue weighted by molar-refractivity contribution is 0.327. The molecule has 1 saturated heterocycles. The van der Waals surface area contributed by atoms with Crippen molar-refractivity contribution in [2.24, 2.45) is 0 Å². The Balaban J connectivity index is 1.96. The zero-order valence-electron chi connectivity index (χ0n) is 9.61. The molecule has 1 N–H and O–H groups in total. The van der Waals surface area contributed by atoms with Crippen LogP contribution in [0.4, 0.5) is 0 Å². The maximum atomic E-state index is 4.32. The smallest absolute Gasteiger partial charge is 0.138 e. The average Bonchev–Trinajstić information content (AvgIpc) is 2.65. The van der Waals surface area contributed by atoms with Crippen LogP contribution in [0.3, 0.4) is 0 Å². The minimum atomic E-state index is 0.586. The lowest BCUT2D eigenvalue weighted by atomic mass is 9.97. The zero-order valence-corrected chi connectivity index (χ0v) is 9.61. The molecule has 84 valence electrons. The van der Waals surface area contributed by atoms with Gasteiger partial charge >= 0.3 is 0 Å². The van der Waals surface area contributed by atoms with E-state index in [9.17, 15) is 0 Å². The highest BCUT2D eigenvalue weighted by atomic mass is 15.3. The van der Waals surface area contributed by atoms with Gasteiger partial charge in [-0.1, -0.05) is 6.42 Å². The summed E-state index contributed by atoms with van der Waals surface area (Å²) in [7, 11) is 0. The van der Waals surface area contributed by atoms with E-state index < -0.39 is 0 Å². The van der Waals surface area contributed by atoms with Crippen LogP contribution in [-0.2, 0) is 13.0 Å². The van der Waals surface area contributed by atoms with Gasteiger partial charge in [-0.2, -0.15) is 5.10 Å². The summed E-state index contributed by atoms with van der Waals surface area (Å²) in [6.07, 6.45) is 6.57. The molecule has 0 aliphatic carbocycles. The molecule has 0 amide bonds. The van der Waals surface area contributed by atoms with Crippen LogP contribution in [0.15, 0.2) is 6.33 Å². The SMILES string of the molecule is CCn1ncnc1CC1CCCC(C)N1. The molecular weight excluding hydrogens is 188 g/mol. The van der Waals surface area contributed by atoms with Gasteiger partial charge in [0.15, 0.2) is 0 Å². The van der Waals surface area contributed by atoms with Crippen LogP contribution in [0.1, 0.15) is 38.9 Å². The predicted molar refractivity (Wildman–Crippen MR) is 59.6 cm³/mol. The molecule has 2 atom stereocenters. The first-order valence-corrected chi connectivity index (χ1v) is 5.92. The number of nitrogens with zero attached hydrogens (tertiary/aromatic N) is 3. The highest BCUT2D eigenvalue weighted by Crippen LogP contribution is 2.15. The molecule has 1 fully saturated rings. The van der Waals surface area contributed by atoms with Gasteiger partial charge in [0.1, 0.15) is 12.2 Å². The fraction of sp³-hybridized carbons (Fsp3) is 0.818. The van der Waals surface area contributed by atoms with E-state index in [4.69, 9.17) is 0 Å². The Kier molecular flexibility index (Phi) is 3.36. The van der Waals surface area contributed by atoms with Gasteiger partial charge in [-0.25, -0.2) is 4.98 Å². The van der Waals surface area contributed by atoms with Gasteiger partial charge in [-0.05, 0) is 26.7 Å². The Hall–Kier alpha value is -0.900. The van der Waals surface area contributed by atoms with E-state index in [1.54, 1.807) is 6.33 Å². The minimum absolute atomic E-state index is 0.586. The molecule has 1 aromatic heterocycles. The normalized spacial score (nSPS) is 26.8. The second-order valence-corrected chi connectivity index (χ2v) is 4.39. The maximum Gasteiger partial charge on any atom is 0.138 e. The highest BCUT2D eigenvalue weighted by molar-refractivity contribution is 4.92. The van der Waals surface area contributed by atoms with Crippen molar-refractivity contribution >= 4 is 0 Å². The Bertz CT molecular complexity index is 307. The first-order valence-electron chi connectivity index (χ1n) is 5.92. The second-order valence-electron chi connectivity index (χ2n) is 4.39. The summed E-state index contributed by atoms with van der Waals surface area (Å²) in [6, 6.07) is 1.24. The molecule has 15 heavy (non-hydrogen) atoms. The van der Waals surface area contributed by atoms with Gasteiger partial charge in [0, 0.05) is 25.0 Å². The Morgan fingerprint density at radius 2 is 2.40 bits per heavy atom. The highest BCUT2D eigenvalue weighted by Gasteiger charge is 2.19. The molecule has 1 aromatic rings. The molecular formula is C11H20N4. The number of nitrogens with one attached hydrogen (secondary N) is 1. The summed E-state index contributed by atoms with van der Waals surface area (Å²) in [5.74, 6) is 1.11. The number of rotatable bonds is 3. The maximum absolute atomic E-state index is 4.32. The molecule has 0 aromatic carbocycles. The van der Waals surface area contributed by atoms with Gasteiger partial charge in [-0.15, -0.1) is 0 Å². The van der Waals surface area contributed by atoms with Crippen LogP contribution in [-0.4, -0.2) is 26.8 Å². The zero-order chi connectivity index (χ0) is 10.7. The van der Waals surface area contributed by atoms with E-state index in [2.05, 4.69) is 29.2 Å². The number of aromatic nitrogens is 3. The van der Waals surface area contributed by atoms with Crippen molar-refractivity contribution in [1.29, 1.82) is 0 Å². The summed E-state index contributed by atoms with van der Waals surface area (Å²) in [5.41, 5.74) is 0. The summed E-state index contributed by atoms with van der Waals surface area (Å²) in [6.45, 7) is 5.28. The van der Waals surface area contributed by atoms with E-state index >= 15 is 0 Å². The van der Waals surface area contributed by atoms with E-state index in [1.165, 1.54) is 19.3 Å². The van der Waals surface area contributed by atoms with Crippen molar-refractivity contribution in [3.8, 4) is 0 Å². The Labute approximate surface area is 91.1 Å². The van der Waals surface area contributed by atoms with Crippen LogP contribution < -0.4 is 5.32 Å². The summed E-state index contributed by atoms with van der Waals surface area (Å²) >= 11 is 0. The van der Waals surface area contributed by atoms with Crippen molar-refractivity contribution in [3.63, 3.8) is 0 Å². The van der Waals surface area contributed by atoms with Gasteiger partial charge < -0.3 is 5.32 Å². The number of piperidine rings is 1. The molecule has 2 unspecified atom stereocenters. The molecule has 1 aliphatic heterocycles. The van der Waals surface area contributed by atoms with E-state index in [0.717, 1.165) is 18.8 Å². The molecule has 4 nitrogen and oxygen atoms in total. The lowest BCUT2D eigenvalue weighted by Gasteiger charge is -2.28. The Morgan fingerprint density at radius 3 is 3.13 bits per heavy atom. The topological polar surface area (TPSA) is 42.7 Å². The number of hydrogen-bond acceptors (Lipinski definition) is 3. The van der Waals surface area contributed by atoms with Crippen molar-refractivity contribution in [2.45, 2.75) is 58.2 Å². The van der Waals surface area contributed by atoms with Crippen LogP contribution in [0.2, 0.25) is 0 Å². The summed E-state index contributed by atoms with van der Waals surface area (Å²) in [4.78, 5) is 4.32. The van der Waals surface area contributed by atoms with Crippen LogP contribution >= 0.6 is 0 Å². The molecule has 0 bridgehead atoms. The van der Waals surface area contributed by atoms with Crippen molar-refractivity contribution in [2.75, 3.05) is 0 Å². The molecule has 2 heterocycles. The minimum Gasteiger partial charge on any atom is -0.311 e. The van der Waals surface area contributed by atoms with Gasteiger partial charge in [0.2, 0.25) is 0 Å². The van der Waals surface area contributed by atoms with Crippen molar-refractivity contribution < 1.29 is 0 Å². The summed E-state index contributed by atoms with van der Waals surface area (Å²) in [5, 5.41) is 7.82. The van der Waals surface area contributed by atoms with E-state index in [-0.39, 0.29) is 0 Å². The molecule has 0 radical (unpaired) electrons. The third-order valence-corrected chi connectivity index (χ3v) is 3.13. The Morgan fingerprint density at radius 1 is 1.53 bits per heavy atom. The fourth-order valence-electron chi connectivity index (χ4n) is 2.33. The largest absolute Gasteiger partial charge is 0.311 e. The van der Waals surface area contributed by atoms with Gasteiger partial charge in [0.25, 0.3) is 0 Å². The standard InChI is InChI=1S/C11H20N4/c1-3-15-11(12-8-13-15)7-10-6-4-5-9(2)14-10/h8-10,14H,3-7H2,1-2H3. The second kappa shape index (κ2) is 4.75. The van der Waals surface area contributed by atoms with Gasteiger partial charge in [0.05, 0.1) is 0 Å². The predicted octanol–water partition coefficient (Wildman–Crippen LogP) is 1.37. The monoisotopic (exact) mass is 208 g/mol. The molecule has 1 aliphatic rings. The molecule has 0 saturated carbocycles. The van der Waals surface area contributed by atoms with Crippen LogP contribution in [0, 0.1) is 0 Å². The van der Waals surface area contributed by atoms with Crippen molar-refractivity contribution in [3.05, 3.63) is 12.2 Å². The van der Waals surface area contributed by atoms with Crippen molar-refractivity contribution in [1.82, 2.24) is 20.1 Å². The van der Waals surface area contributed by atoms with E-state index in [1.807, 2.05) is 4.68 Å². The number of aryl methyl sites for hydroxylation is 1. The van der Waals surface area contributed by atoms with Crippen LogP contribution in [0.25, 0.3) is 0 Å². The third kappa shape index (κ3) is 2.56. The number of hydrogen-bond donors (Lipinski definition) is 1. The quantitative estimate of drug-likeness (QED) is 0.816. The first-order chi connectivity index (χ1) is 7.29. The molecule has 0 spiro atoms. The van der Waals surface area contributed by atoms with Gasteiger partial charge in [-0.3, -0.25) is 4.68 Å². The fourth-order valence-corrected chi connectivity index (χ4v) is 2.33. The first kappa shape index (κ1) is 10.6. The third-order valence-electron chi connectivity index (χ3n) is 3.13. The van der Waals surface area contributed by atoms with E-state index in [0.29, 0.717) is 12.1 Å². The average molecular weight is 208 g/mol. The summed E-state index contributed by atoms with van der Waals surface area (Å²) < 4.78 is 1.99. The molecule has 2 rings (SSSR count). The molecule has 4 heteroatoms. The lowest BCUT2D eigenvalue weighted by Crippen LogP contribution is -2.42.